The van der Waals surface area contributed by atoms with E-state index in [1.165, 1.54) is 0 Å². The van der Waals surface area contributed by atoms with Crippen molar-refractivity contribution in [3.05, 3.63) is 40.2 Å². The lowest BCUT2D eigenvalue weighted by molar-refractivity contribution is 0.486. The molecule has 0 saturated heterocycles. The molecule has 13 heavy (non-hydrogen) atoms. The third-order valence-electron chi connectivity index (χ3n) is 1.93. The van der Waals surface area contributed by atoms with Gasteiger partial charge in [-0.3, -0.25) is 0 Å². The minimum absolute atomic E-state index is 0.235. The van der Waals surface area contributed by atoms with Gasteiger partial charge in [0.25, 0.3) is 0 Å². The average molecular weight is 194 g/mol. The van der Waals surface area contributed by atoms with Crippen LogP contribution in [-0.4, -0.2) is 4.98 Å². The van der Waals surface area contributed by atoms with E-state index >= 15 is 0 Å². The van der Waals surface area contributed by atoms with E-state index in [2.05, 4.69) is 4.98 Å². The van der Waals surface area contributed by atoms with Gasteiger partial charge < -0.3 is 10.2 Å². The molecule has 0 aliphatic heterocycles. The molecule has 0 aromatic carbocycles. The molecule has 2 rings (SSSR count). The summed E-state index contributed by atoms with van der Waals surface area (Å²) in [6.45, 7) is 2.01. The fourth-order valence-electron chi connectivity index (χ4n) is 1.22. The minimum Gasteiger partial charge on any atom is -0.467 e. The van der Waals surface area contributed by atoms with Gasteiger partial charge in [-0.1, -0.05) is 0 Å². The highest BCUT2D eigenvalue weighted by atomic mass is 32.1. The van der Waals surface area contributed by atoms with Crippen molar-refractivity contribution in [3.63, 3.8) is 0 Å². The van der Waals surface area contributed by atoms with Crippen LogP contribution in [0.3, 0.4) is 0 Å². The van der Waals surface area contributed by atoms with E-state index in [0.717, 1.165) is 16.3 Å². The quantitative estimate of drug-likeness (QED) is 0.796. The molecule has 3 nitrogen and oxygen atoms in total. The second kappa shape index (κ2) is 3.32. The van der Waals surface area contributed by atoms with E-state index in [9.17, 15) is 0 Å². The fraction of sp³-hybridized carbons (Fsp3) is 0.222. The van der Waals surface area contributed by atoms with Crippen LogP contribution < -0.4 is 5.73 Å². The molecule has 0 aliphatic rings. The van der Waals surface area contributed by atoms with Gasteiger partial charge in [0.15, 0.2) is 0 Å². The smallest absolute Gasteiger partial charge is 0.126 e. The summed E-state index contributed by atoms with van der Waals surface area (Å²) in [5, 5.41) is 0. The van der Waals surface area contributed by atoms with Gasteiger partial charge in [-0.05, 0) is 19.1 Å². The van der Waals surface area contributed by atoms with Crippen LogP contribution in [0.5, 0.6) is 0 Å². The summed E-state index contributed by atoms with van der Waals surface area (Å²) in [7, 11) is 0. The monoisotopic (exact) mass is 194 g/mol. The molecule has 4 heteroatoms. The highest BCUT2D eigenvalue weighted by Crippen LogP contribution is 2.23. The Balaban J connectivity index is 2.33. The minimum atomic E-state index is -0.235. The van der Waals surface area contributed by atoms with Crippen molar-refractivity contribution in [3.8, 4) is 0 Å². The SMILES string of the molecule is Cc1scnc1C(N)c1ccco1. The third kappa shape index (κ3) is 1.50. The second-order valence-corrected chi connectivity index (χ2v) is 3.85. The number of nitrogens with two attached hydrogens (primary N) is 1. The Kier molecular flexibility index (Phi) is 2.16. The first kappa shape index (κ1) is 8.47. The van der Waals surface area contributed by atoms with Crippen LogP contribution >= 0.6 is 11.3 Å². The lowest BCUT2D eigenvalue weighted by atomic mass is 10.1. The number of aromatic nitrogens is 1. The lowest BCUT2D eigenvalue weighted by Gasteiger charge is -2.05. The normalized spacial score (nSPS) is 13.1. The van der Waals surface area contributed by atoms with Crippen molar-refractivity contribution in [2.24, 2.45) is 5.73 Å². The van der Waals surface area contributed by atoms with Gasteiger partial charge in [0.1, 0.15) is 11.8 Å². The zero-order chi connectivity index (χ0) is 9.26. The molecule has 2 aromatic rings. The summed E-state index contributed by atoms with van der Waals surface area (Å²) >= 11 is 1.60. The molecule has 0 aliphatic carbocycles. The lowest BCUT2D eigenvalue weighted by Crippen LogP contribution is -2.12. The first-order chi connectivity index (χ1) is 6.29. The predicted octanol–water partition coefficient (Wildman–Crippen LogP) is 2.09. The van der Waals surface area contributed by atoms with Crippen molar-refractivity contribution in [2.45, 2.75) is 13.0 Å². The number of nitrogens with zero attached hydrogens (tertiary/aromatic N) is 1. The van der Waals surface area contributed by atoms with E-state index in [-0.39, 0.29) is 6.04 Å². The molecule has 2 heterocycles. The molecule has 1 unspecified atom stereocenters. The van der Waals surface area contributed by atoms with Gasteiger partial charge in [-0.2, -0.15) is 0 Å². The third-order valence-corrected chi connectivity index (χ3v) is 2.70. The Labute approximate surface area is 80.2 Å². The molecular formula is C9H10N2OS. The number of hydrogen-bond acceptors (Lipinski definition) is 4. The first-order valence-electron chi connectivity index (χ1n) is 3.98. The van der Waals surface area contributed by atoms with E-state index in [1.54, 1.807) is 23.1 Å². The molecule has 68 valence electrons. The molecule has 2 N–H and O–H groups in total. The van der Waals surface area contributed by atoms with Gasteiger partial charge in [-0.25, -0.2) is 4.98 Å². The van der Waals surface area contributed by atoms with Gasteiger partial charge in [0.05, 0.1) is 17.5 Å². The Morgan fingerprint density at radius 2 is 2.46 bits per heavy atom. The molecule has 0 bridgehead atoms. The van der Waals surface area contributed by atoms with Crippen LogP contribution in [0.4, 0.5) is 0 Å². The Morgan fingerprint density at radius 3 is 3.00 bits per heavy atom. The standard InChI is InChI=1S/C9H10N2OS/c1-6-9(11-5-13-6)8(10)7-3-2-4-12-7/h2-5,8H,10H2,1H3. The molecule has 1 atom stereocenters. The molecule has 0 radical (unpaired) electrons. The van der Waals surface area contributed by atoms with Crippen LogP contribution in [0.1, 0.15) is 22.4 Å². The van der Waals surface area contributed by atoms with Gasteiger partial charge in [-0.15, -0.1) is 11.3 Å². The van der Waals surface area contributed by atoms with Crippen LogP contribution in [0.15, 0.2) is 28.3 Å². The predicted molar refractivity (Wildman–Crippen MR) is 51.6 cm³/mol. The topological polar surface area (TPSA) is 52.0 Å². The van der Waals surface area contributed by atoms with Crippen molar-refractivity contribution < 1.29 is 4.42 Å². The van der Waals surface area contributed by atoms with Crippen LogP contribution in [0.2, 0.25) is 0 Å². The van der Waals surface area contributed by atoms with Crippen molar-refractivity contribution in [2.75, 3.05) is 0 Å². The summed E-state index contributed by atoms with van der Waals surface area (Å²) in [6, 6.07) is 3.46. The number of rotatable bonds is 2. The van der Waals surface area contributed by atoms with E-state index in [4.69, 9.17) is 10.2 Å². The van der Waals surface area contributed by atoms with E-state index < -0.39 is 0 Å². The first-order valence-corrected chi connectivity index (χ1v) is 4.86. The fourth-order valence-corrected chi connectivity index (χ4v) is 1.84. The summed E-state index contributed by atoms with van der Waals surface area (Å²) in [6.07, 6.45) is 1.62. The summed E-state index contributed by atoms with van der Waals surface area (Å²) in [5.74, 6) is 0.758. The zero-order valence-electron chi connectivity index (χ0n) is 7.23. The highest BCUT2D eigenvalue weighted by molar-refractivity contribution is 7.09. The summed E-state index contributed by atoms with van der Waals surface area (Å²) in [4.78, 5) is 5.35. The van der Waals surface area contributed by atoms with Crippen molar-refractivity contribution >= 4 is 11.3 Å². The van der Waals surface area contributed by atoms with E-state index in [0.29, 0.717) is 0 Å². The van der Waals surface area contributed by atoms with Crippen LogP contribution in [0.25, 0.3) is 0 Å². The maximum Gasteiger partial charge on any atom is 0.126 e. The Hall–Kier alpha value is -1.13. The number of hydrogen-bond donors (Lipinski definition) is 1. The number of furan rings is 1. The van der Waals surface area contributed by atoms with Gasteiger partial charge in [0, 0.05) is 4.88 Å². The van der Waals surface area contributed by atoms with Crippen molar-refractivity contribution in [1.29, 1.82) is 0 Å². The maximum absolute atomic E-state index is 5.96. The maximum atomic E-state index is 5.96. The molecule has 0 amide bonds. The van der Waals surface area contributed by atoms with E-state index in [1.807, 2.05) is 19.1 Å². The molecule has 0 spiro atoms. The largest absolute Gasteiger partial charge is 0.467 e. The highest BCUT2D eigenvalue weighted by Gasteiger charge is 2.15. The molecular weight excluding hydrogens is 184 g/mol. The zero-order valence-corrected chi connectivity index (χ0v) is 8.04. The van der Waals surface area contributed by atoms with Gasteiger partial charge in [0.2, 0.25) is 0 Å². The molecule has 0 saturated carbocycles. The average Bonchev–Trinajstić information content (AvgIpc) is 2.72. The Bertz CT molecular complexity index is 380. The summed E-state index contributed by atoms with van der Waals surface area (Å²) in [5.41, 5.74) is 8.66. The summed E-state index contributed by atoms with van der Waals surface area (Å²) < 4.78 is 5.21. The van der Waals surface area contributed by atoms with Crippen molar-refractivity contribution in [1.82, 2.24) is 4.98 Å². The number of aryl methyl sites for hydroxylation is 1. The van der Waals surface area contributed by atoms with Crippen LogP contribution in [-0.2, 0) is 0 Å². The molecule has 0 fully saturated rings. The van der Waals surface area contributed by atoms with Gasteiger partial charge >= 0.3 is 0 Å². The number of thiazole rings is 1. The van der Waals surface area contributed by atoms with Crippen LogP contribution in [0, 0.1) is 6.92 Å². The second-order valence-electron chi connectivity index (χ2n) is 2.79. The Morgan fingerprint density at radius 1 is 1.62 bits per heavy atom. The molecule has 2 aromatic heterocycles.